The lowest BCUT2D eigenvalue weighted by molar-refractivity contribution is 1.45. The fourth-order valence-corrected chi connectivity index (χ4v) is 2.84. The molecule has 1 heterocycles. The number of pyridine rings is 1. The summed E-state index contributed by atoms with van der Waals surface area (Å²) in [4.78, 5) is 4.76. The lowest BCUT2D eigenvalue weighted by Gasteiger charge is -2.13. The molecule has 0 aliphatic rings. The lowest BCUT2D eigenvalue weighted by Crippen LogP contribution is -1.95. The molecule has 0 spiro atoms. The summed E-state index contributed by atoms with van der Waals surface area (Å²) < 4.78 is 0. The number of hydrogen-bond acceptors (Lipinski definition) is 2. The van der Waals surface area contributed by atoms with Gasteiger partial charge in [0, 0.05) is 16.5 Å². The molecule has 4 aromatic rings. The molecule has 3 aromatic carbocycles. The number of hydrogen-bond donors (Lipinski definition) is 1. The Morgan fingerprint density at radius 2 is 1.36 bits per heavy atom. The summed E-state index contributed by atoms with van der Waals surface area (Å²) in [5, 5.41) is 5.87. The first kappa shape index (κ1) is 12.8. The molecule has 0 fully saturated rings. The number of nitrogens with one attached hydrogen (secondary N) is 1. The topological polar surface area (TPSA) is 24.9 Å². The predicted octanol–water partition coefficient (Wildman–Crippen LogP) is 5.44. The maximum absolute atomic E-state index is 4.76. The highest BCUT2D eigenvalue weighted by Crippen LogP contribution is 2.32. The molecule has 0 aliphatic carbocycles. The standard InChI is InChI=1S/C20H16N2/c1-14-7-6-8-15(13-14)21-20-16-9-2-4-11-18(16)22-19-12-5-3-10-17(19)20/h2-13H,1H3,(H,21,22). The molecular weight excluding hydrogens is 268 g/mol. The summed E-state index contributed by atoms with van der Waals surface area (Å²) in [6, 6.07) is 25.0. The van der Waals surface area contributed by atoms with Gasteiger partial charge in [-0.15, -0.1) is 0 Å². The van der Waals surface area contributed by atoms with Crippen molar-refractivity contribution < 1.29 is 0 Å². The van der Waals surface area contributed by atoms with Gasteiger partial charge in [0.2, 0.25) is 0 Å². The van der Waals surface area contributed by atoms with Gasteiger partial charge < -0.3 is 5.32 Å². The Morgan fingerprint density at radius 3 is 2.00 bits per heavy atom. The van der Waals surface area contributed by atoms with Crippen molar-refractivity contribution in [3.05, 3.63) is 78.4 Å². The van der Waals surface area contributed by atoms with Crippen molar-refractivity contribution in [2.45, 2.75) is 6.92 Å². The number of anilines is 2. The minimum Gasteiger partial charge on any atom is -0.354 e. The molecule has 0 saturated carbocycles. The summed E-state index contributed by atoms with van der Waals surface area (Å²) in [6.07, 6.45) is 0. The monoisotopic (exact) mass is 284 g/mol. The summed E-state index contributed by atoms with van der Waals surface area (Å²) >= 11 is 0. The average molecular weight is 284 g/mol. The van der Waals surface area contributed by atoms with Crippen LogP contribution in [0.15, 0.2) is 72.8 Å². The molecule has 1 N–H and O–H groups in total. The van der Waals surface area contributed by atoms with Crippen molar-refractivity contribution in [1.29, 1.82) is 0 Å². The molecule has 0 unspecified atom stereocenters. The van der Waals surface area contributed by atoms with Crippen LogP contribution in [0.1, 0.15) is 5.56 Å². The van der Waals surface area contributed by atoms with Gasteiger partial charge in [0.15, 0.2) is 0 Å². The van der Waals surface area contributed by atoms with E-state index in [9.17, 15) is 0 Å². The molecule has 22 heavy (non-hydrogen) atoms. The van der Waals surface area contributed by atoms with Gasteiger partial charge in [-0.1, -0.05) is 48.5 Å². The van der Waals surface area contributed by atoms with E-state index in [1.165, 1.54) is 5.56 Å². The second-order valence-corrected chi connectivity index (χ2v) is 5.52. The maximum Gasteiger partial charge on any atom is 0.0730 e. The van der Waals surface area contributed by atoms with E-state index in [4.69, 9.17) is 4.98 Å². The SMILES string of the molecule is Cc1cccc(Nc2c3ccccc3nc3ccccc23)c1. The molecule has 2 nitrogen and oxygen atoms in total. The van der Waals surface area contributed by atoms with Crippen molar-refractivity contribution in [1.82, 2.24) is 4.98 Å². The highest BCUT2D eigenvalue weighted by atomic mass is 14.9. The molecule has 106 valence electrons. The minimum absolute atomic E-state index is 1.01. The summed E-state index contributed by atoms with van der Waals surface area (Å²) in [5.74, 6) is 0. The molecule has 0 radical (unpaired) electrons. The van der Waals surface area contributed by atoms with Crippen molar-refractivity contribution in [2.75, 3.05) is 5.32 Å². The van der Waals surface area contributed by atoms with Crippen molar-refractivity contribution in [3.8, 4) is 0 Å². The summed E-state index contributed by atoms with van der Waals surface area (Å²) in [7, 11) is 0. The zero-order valence-electron chi connectivity index (χ0n) is 12.4. The van der Waals surface area contributed by atoms with Gasteiger partial charge in [-0.2, -0.15) is 0 Å². The van der Waals surface area contributed by atoms with Gasteiger partial charge in [0.05, 0.1) is 16.7 Å². The first-order valence-electron chi connectivity index (χ1n) is 7.42. The van der Waals surface area contributed by atoms with Crippen LogP contribution in [0.5, 0.6) is 0 Å². The third-order valence-corrected chi connectivity index (χ3v) is 3.88. The van der Waals surface area contributed by atoms with E-state index in [1.54, 1.807) is 0 Å². The minimum atomic E-state index is 1.01. The fourth-order valence-electron chi connectivity index (χ4n) is 2.84. The van der Waals surface area contributed by atoms with Crippen molar-refractivity contribution in [3.63, 3.8) is 0 Å². The Morgan fingerprint density at radius 1 is 0.727 bits per heavy atom. The van der Waals surface area contributed by atoms with Crippen LogP contribution in [0.3, 0.4) is 0 Å². The highest BCUT2D eigenvalue weighted by Gasteiger charge is 2.08. The van der Waals surface area contributed by atoms with Crippen LogP contribution in [0.25, 0.3) is 21.8 Å². The number of nitrogens with zero attached hydrogens (tertiary/aromatic N) is 1. The zero-order valence-corrected chi connectivity index (χ0v) is 12.4. The van der Waals surface area contributed by atoms with Crippen LogP contribution >= 0.6 is 0 Å². The quantitative estimate of drug-likeness (QED) is 0.496. The molecule has 0 saturated heterocycles. The number of benzene rings is 3. The van der Waals surface area contributed by atoms with Gasteiger partial charge in [-0.3, -0.25) is 0 Å². The summed E-state index contributed by atoms with van der Waals surface area (Å²) in [6.45, 7) is 2.11. The molecule has 2 heteroatoms. The normalized spacial score (nSPS) is 11.0. The second-order valence-electron chi connectivity index (χ2n) is 5.52. The number of aryl methyl sites for hydroxylation is 1. The van der Waals surface area contributed by atoms with Gasteiger partial charge in [-0.05, 0) is 36.8 Å². The number of aromatic nitrogens is 1. The van der Waals surface area contributed by atoms with Crippen LogP contribution in [0.4, 0.5) is 11.4 Å². The van der Waals surface area contributed by atoms with Crippen molar-refractivity contribution >= 4 is 33.2 Å². The van der Waals surface area contributed by atoms with E-state index in [0.717, 1.165) is 33.2 Å². The maximum atomic E-state index is 4.76. The Labute approximate surface area is 129 Å². The second kappa shape index (κ2) is 5.15. The fraction of sp³-hybridized carbons (Fsp3) is 0.0500. The Kier molecular flexibility index (Phi) is 3.01. The van der Waals surface area contributed by atoms with E-state index in [2.05, 4.69) is 72.9 Å². The molecule has 4 rings (SSSR count). The third-order valence-electron chi connectivity index (χ3n) is 3.88. The molecule has 0 amide bonds. The zero-order chi connectivity index (χ0) is 14.9. The van der Waals surface area contributed by atoms with Gasteiger partial charge in [-0.25, -0.2) is 4.98 Å². The van der Waals surface area contributed by atoms with E-state index in [-0.39, 0.29) is 0 Å². The first-order chi connectivity index (χ1) is 10.8. The van der Waals surface area contributed by atoms with Gasteiger partial charge in [0.1, 0.15) is 0 Å². The molecule has 0 bridgehead atoms. The predicted molar refractivity (Wildman–Crippen MR) is 93.7 cm³/mol. The van der Waals surface area contributed by atoms with Crippen LogP contribution in [-0.4, -0.2) is 4.98 Å². The number of rotatable bonds is 2. The Bertz CT molecular complexity index is 919. The van der Waals surface area contributed by atoms with Crippen LogP contribution in [0, 0.1) is 6.92 Å². The van der Waals surface area contributed by atoms with Crippen LogP contribution in [0.2, 0.25) is 0 Å². The number of para-hydroxylation sites is 2. The third kappa shape index (κ3) is 2.19. The highest BCUT2D eigenvalue weighted by molar-refractivity contribution is 6.08. The van der Waals surface area contributed by atoms with E-state index >= 15 is 0 Å². The number of fused-ring (bicyclic) bond motifs is 2. The molecule has 0 atom stereocenters. The van der Waals surface area contributed by atoms with E-state index in [0.29, 0.717) is 0 Å². The summed E-state index contributed by atoms with van der Waals surface area (Å²) in [5.41, 5.74) is 5.48. The smallest absolute Gasteiger partial charge is 0.0730 e. The Balaban J connectivity index is 2.00. The van der Waals surface area contributed by atoms with Gasteiger partial charge in [0.25, 0.3) is 0 Å². The lowest BCUT2D eigenvalue weighted by atomic mass is 10.1. The van der Waals surface area contributed by atoms with Crippen LogP contribution in [-0.2, 0) is 0 Å². The van der Waals surface area contributed by atoms with Crippen LogP contribution < -0.4 is 5.32 Å². The van der Waals surface area contributed by atoms with Crippen molar-refractivity contribution in [2.24, 2.45) is 0 Å². The molecular formula is C20H16N2. The Hall–Kier alpha value is -2.87. The largest absolute Gasteiger partial charge is 0.354 e. The molecule has 0 aliphatic heterocycles. The molecule has 1 aromatic heterocycles. The van der Waals surface area contributed by atoms with E-state index in [1.807, 2.05) is 12.1 Å². The average Bonchev–Trinajstić information content (AvgIpc) is 2.55. The van der Waals surface area contributed by atoms with Gasteiger partial charge >= 0.3 is 0 Å². The van der Waals surface area contributed by atoms with E-state index < -0.39 is 0 Å². The first-order valence-corrected chi connectivity index (χ1v) is 7.42.